The summed E-state index contributed by atoms with van der Waals surface area (Å²) in [5.41, 5.74) is 1.32. The first-order valence-corrected chi connectivity index (χ1v) is 7.70. The molecule has 1 aromatic heterocycles. The fourth-order valence-electron chi connectivity index (χ4n) is 1.44. The predicted molar refractivity (Wildman–Crippen MR) is 78.8 cm³/mol. The zero-order valence-corrected chi connectivity index (χ0v) is 13.0. The first-order chi connectivity index (χ1) is 7.66. The van der Waals surface area contributed by atoms with Crippen LogP contribution in [0.1, 0.15) is 15.3 Å². The average Bonchev–Trinajstić information content (AvgIpc) is 2.61. The predicted octanol–water partition coefficient (Wildman–Crippen LogP) is 5.84. The average molecular weight is 381 g/mol. The van der Waals surface area contributed by atoms with Gasteiger partial charge in [0.05, 0.1) is 13.6 Å². The largest absolute Gasteiger partial charge is 0.130 e. The van der Waals surface area contributed by atoms with E-state index in [9.17, 15) is 0 Å². The lowest BCUT2D eigenvalue weighted by Crippen LogP contribution is -1.92. The molecule has 1 atom stereocenters. The van der Waals surface area contributed by atoms with Crippen LogP contribution in [0.4, 0.5) is 0 Å². The van der Waals surface area contributed by atoms with Crippen LogP contribution in [-0.2, 0) is 6.42 Å². The Morgan fingerprint density at radius 1 is 1.25 bits per heavy atom. The van der Waals surface area contributed by atoms with Gasteiger partial charge in [-0.05, 0) is 34.0 Å². The van der Waals surface area contributed by atoms with Crippen molar-refractivity contribution in [2.45, 2.75) is 11.2 Å². The van der Waals surface area contributed by atoms with E-state index in [1.807, 2.05) is 12.1 Å². The van der Waals surface area contributed by atoms with Gasteiger partial charge in [-0.2, -0.15) is 0 Å². The molecule has 0 saturated carbocycles. The minimum absolute atomic E-state index is 0.323. The second-order valence-corrected chi connectivity index (χ2v) is 7.34. The summed E-state index contributed by atoms with van der Waals surface area (Å²) in [7, 11) is 0. The molecule has 1 heterocycles. The number of rotatable bonds is 3. The first kappa shape index (κ1) is 12.6. The Morgan fingerprint density at radius 2 is 1.94 bits per heavy atom. The maximum atomic E-state index is 6.02. The van der Waals surface area contributed by atoms with Crippen molar-refractivity contribution < 1.29 is 0 Å². The molecule has 1 unspecified atom stereocenters. The number of thiophene rings is 1. The molecule has 4 heteroatoms. The Kier molecular flexibility index (Phi) is 4.48. The van der Waals surface area contributed by atoms with Crippen LogP contribution >= 0.6 is 54.8 Å². The minimum Gasteiger partial charge on any atom is -0.130 e. The molecule has 0 nitrogen and oxygen atoms in total. The second kappa shape index (κ2) is 5.67. The third-order valence-electron chi connectivity index (χ3n) is 2.23. The number of alkyl halides is 1. The molecule has 0 saturated heterocycles. The SMILES string of the molecule is Clc1cc(C(Br)Cc2ccccc2)sc1Br. The van der Waals surface area contributed by atoms with Gasteiger partial charge in [-0.3, -0.25) is 0 Å². The van der Waals surface area contributed by atoms with Crippen LogP contribution < -0.4 is 0 Å². The summed E-state index contributed by atoms with van der Waals surface area (Å²) in [6.07, 6.45) is 0.976. The number of halogens is 3. The van der Waals surface area contributed by atoms with Gasteiger partial charge in [0.25, 0.3) is 0 Å². The normalized spacial score (nSPS) is 12.7. The highest BCUT2D eigenvalue weighted by Crippen LogP contribution is 2.39. The molecule has 0 bridgehead atoms. The molecule has 0 fully saturated rings. The fraction of sp³-hybridized carbons (Fsp3) is 0.167. The molecule has 84 valence electrons. The van der Waals surface area contributed by atoms with Crippen molar-refractivity contribution in [2.75, 3.05) is 0 Å². The summed E-state index contributed by atoms with van der Waals surface area (Å²) < 4.78 is 1.00. The number of hydrogen-bond donors (Lipinski definition) is 0. The Labute approximate surface area is 121 Å². The van der Waals surface area contributed by atoms with Gasteiger partial charge in [0, 0.05) is 4.88 Å². The maximum Gasteiger partial charge on any atom is 0.0887 e. The monoisotopic (exact) mass is 378 g/mol. The molecular formula is C12H9Br2ClS. The second-order valence-electron chi connectivity index (χ2n) is 3.43. The lowest BCUT2D eigenvalue weighted by Gasteiger charge is -2.06. The van der Waals surface area contributed by atoms with E-state index in [2.05, 4.69) is 56.1 Å². The number of hydrogen-bond acceptors (Lipinski definition) is 1. The Hall–Kier alpha value is 0.170. The highest BCUT2D eigenvalue weighted by atomic mass is 79.9. The minimum atomic E-state index is 0.323. The summed E-state index contributed by atoms with van der Waals surface area (Å²) in [5, 5.41) is 0.789. The molecule has 1 aromatic carbocycles. The molecule has 16 heavy (non-hydrogen) atoms. The maximum absolute atomic E-state index is 6.02. The van der Waals surface area contributed by atoms with Crippen LogP contribution in [0, 0.1) is 0 Å². The van der Waals surface area contributed by atoms with Crippen molar-refractivity contribution in [3.05, 3.63) is 55.6 Å². The topological polar surface area (TPSA) is 0 Å². The highest BCUT2D eigenvalue weighted by molar-refractivity contribution is 9.11. The van der Waals surface area contributed by atoms with Crippen molar-refractivity contribution in [3.8, 4) is 0 Å². The third kappa shape index (κ3) is 3.10. The smallest absolute Gasteiger partial charge is 0.0887 e. The van der Waals surface area contributed by atoms with E-state index in [0.29, 0.717) is 4.83 Å². The van der Waals surface area contributed by atoms with E-state index >= 15 is 0 Å². The van der Waals surface area contributed by atoms with Gasteiger partial charge in [-0.25, -0.2) is 0 Å². The molecular weight excluding hydrogens is 371 g/mol. The molecule has 0 spiro atoms. The zero-order valence-electron chi connectivity index (χ0n) is 8.29. The van der Waals surface area contributed by atoms with Crippen molar-refractivity contribution in [3.63, 3.8) is 0 Å². The quantitative estimate of drug-likeness (QED) is 0.587. The summed E-state index contributed by atoms with van der Waals surface area (Å²) in [6, 6.07) is 12.4. The van der Waals surface area contributed by atoms with Crippen LogP contribution in [0.3, 0.4) is 0 Å². The van der Waals surface area contributed by atoms with Crippen LogP contribution in [0.2, 0.25) is 5.02 Å². The van der Waals surface area contributed by atoms with Gasteiger partial charge >= 0.3 is 0 Å². The Balaban J connectivity index is 2.11. The molecule has 2 aromatic rings. The summed E-state index contributed by atoms with van der Waals surface area (Å²) in [5.74, 6) is 0. The van der Waals surface area contributed by atoms with E-state index in [4.69, 9.17) is 11.6 Å². The van der Waals surface area contributed by atoms with Crippen LogP contribution in [0.5, 0.6) is 0 Å². The van der Waals surface area contributed by atoms with Crippen molar-refractivity contribution in [1.82, 2.24) is 0 Å². The Morgan fingerprint density at radius 3 is 2.50 bits per heavy atom. The molecule has 0 radical (unpaired) electrons. The van der Waals surface area contributed by atoms with Crippen molar-refractivity contribution in [2.24, 2.45) is 0 Å². The molecule has 0 N–H and O–H groups in total. The standard InChI is InChI=1S/C12H9Br2ClS/c13-9(6-8-4-2-1-3-5-8)11-7-10(15)12(14)16-11/h1-5,7,9H,6H2. The van der Waals surface area contributed by atoms with E-state index in [1.165, 1.54) is 10.4 Å². The molecule has 0 aliphatic carbocycles. The van der Waals surface area contributed by atoms with Gasteiger partial charge < -0.3 is 0 Å². The van der Waals surface area contributed by atoms with Crippen LogP contribution in [-0.4, -0.2) is 0 Å². The summed E-state index contributed by atoms with van der Waals surface area (Å²) >= 11 is 14.8. The first-order valence-electron chi connectivity index (χ1n) is 4.79. The van der Waals surface area contributed by atoms with E-state index < -0.39 is 0 Å². The van der Waals surface area contributed by atoms with Crippen LogP contribution in [0.25, 0.3) is 0 Å². The van der Waals surface area contributed by atoms with Crippen molar-refractivity contribution in [1.29, 1.82) is 0 Å². The lowest BCUT2D eigenvalue weighted by molar-refractivity contribution is 0.970. The van der Waals surface area contributed by atoms with Gasteiger partial charge in [0.2, 0.25) is 0 Å². The zero-order chi connectivity index (χ0) is 11.5. The van der Waals surface area contributed by atoms with Gasteiger partial charge in [-0.1, -0.05) is 57.9 Å². The van der Waals surface area contributed by atoms with Gasteiger partial charge in [0.1, 0.15) is 0 Å². The summed E-state index contributed by atoms with van der Waals surface area (Å²) in [6.45, 7) is 0. The van der Waals surface area contributed by atoms with Gasteiger partial charge in [0.15, 0.2) is 0 Å². The van der Waals surface area contributed by atoms with E-state index in [-0.39, 0.29) is 0 Å². The molecule has 0 aliphatic heterocycles. The van der Waals surface area contributed by atoms with Gasteiger partial charge in [-0.15, -0.1) is 11.3 Å². The van der Waals surface area contributed by atoms with E-state index in [1.54, 1.807) is 11.3 Å². The molecule has 0 aliphatic rings. The highest BCUT2D eigenvalue weighted by Gasteiger charge is 2.13. The fourth-order valence-corrected chi connectivity index (χ4v) is 3.95. The lowest BCUT2D eigenvalue weighted by atomic mass is 10.1. The molecule has 2 rings (SSSR count). The van der Waals surface area contributed by atoms with Crippen molar-refractivity contribution >= 4 is 54.8 Å². The third-order valence-corrected chi connectivity index (χ3v) is 5.94. The van der Waals surface area contributed by atoms with E-state index in [0.717, 1.165) is 15.2 Å². The number of benzene rings is 1. The molecule has 0 amide bonds. The Bertz CT molecular complexity index is 448. The van der Waals surface area contributed by atoms with Crippen LogP contribution in [0.15, 0.2) is 40.2 Å². The summed E-state index contributed by atoms with van der Waals surface area (Å²) in [4.78, 5) is 1.57.